The Morgan fingerprint density at radius 1 is 1.47 bits per heavy atom. The van der Waals surface area contributed by atoms with E-state index in [0.29, 0.717) is 6.04 Å². The summed E-state index contributed by atoms with van der Waals surface area (Å²) in [7, 11) is 1.99. The Kier molecular flexibility index (Phi) is 4.02. The van der Waals surface area contributed by atoms with Gasteiger partial charge in [0.05, 0.1) is 6.61 Å². The van der Waals surface area contributed by atoms with Gasteiger partial charge in [-0.05, 0) is 50.4 Å². The van der Waals surface area contributed by atoms with Crippen molar-refractivity contribution in [3.63, 3.8) is 0 Å². The van der Waals surface area contributed by atoms with E-state index in [4.69, 9.17) is 10.5 Å². The zero-order valence-corrected chi connectivity index (χ0v) is 10.7. The number of hydrogen-bond donors (Lipinski definition) is 2. The minimum absolute atomic E-state index is 0.208. The Hall–Kier alpha value is -1.06. The summed E-state index contributed by atoms with van der Waals surface area (Å²) in [6.07, 6.45) is 3.20. The van der Waals surface area contributed by atoms with Crippen molar-refractivity contribution in [3.8, 4) is 5.75 Å². The van der Waals surface area contributed by atoms with Crippen molar-refractivity contribution in [2.75, 3.05) is 13.7 Å². The SMILES string of the molecule is CNC(CC(C)N)c1ccc2c(c1)CCCO2. The predicted octanol–water partition coefficient (Wildman–Crippen LogP) is 2.01. The van der Waals surface area contributed by atoms with Crippen molar-refractivity contribution in [1.82, 2.24) is 5.32 Å². The average molecular weight is 234 g/mol. The smallest absolute Gasteiger partial charge is 0.122 e. The first-order chi connectivity index (χ1) is 8.20. The number of hydrogen-bond acceptors (Lipinski definition) is 3. The van der Waals surface area contributed by atoms with Crippen molar-refractivity contribution in [3.05, 3.63) is 29.3 Å². The Morgan fingerprint density at radius 2 is 2.29 bits per heavy atom. The first kappa shape index (κ1) is 12.4. The fourth-order valence-electron chi connectivity index (χ4n) is 2.39. The van der Waals surface area contributed by atoms with Crippen LogP contribution in [0.5, 0.6) is 5.75 Å². The second kappa shape index (κ2) is 5.52. The quantitative estimate of drug-likeness (QED) is 0.837. The zero-order valence-electron chi connectivity index (χ0n) is 10.7. The molecule has 1 aromatic rings. The highest BCUT2D eigenvalue weighted by molar-refractivity contribution is 5.39. The lowest BCUT2D eigenvalue weighted by Crippen LogP contribution is -2.26. The van der Waals surface area contributed by atoms with Crippen molar-refractivity contribution in [2.24, 2.45) is 5.73 Å². The Balaban J connectivity index is 2.19. The highest BCUT2D eigenvalue weighted by atomic mass is 16.5. The van der Waals surface area contributed by atoms with Crippen LogP contribution in [0.15, 0.2) is 18.2 Å². The van der Waals surface area contributed by atoms with Crippen molar-refractivity contribution >= 4 is 0 Å². The lowest BCUT2D eigenvalue weighted by atomic mass is 9.96. The normalized spacial score (nSPS) is 18.1. The maximum atomic E-state index is 5.88. The van der Waals surface area contributed by atoms with E-state index in [-0.39, 0.29) is 6.04 Å². The Bertz CT molecular complexity index is 376. The fourth-order valence-corrected chi connectivity index (χ4v) is 2.39. The molecule has 1 heterocycles. The van der Waals surface area contributed by atoms with Crippen LogP contribution in [0.1, 0.15) is 36.9 Å². The third-order valence-electron chi connectivity index (χ3n) is 3.29. The van der Waals surface area contributed by atoms with Gasteiger partial charge in [-0.15, -0.1) is 0 Å². The molecule has 1 aliphatic rings. The summed E-state index contributed by atoms with van der Waals surface area (Å²) in [4.78, 5) is 0. The van der Waals surface area contributed by atoms with Crippen molar-refractivity contribution in [2.45, 2.75) is 38.3 Å². The number of nitrogens with one attached hydrogen (secondary N) is 1. The van der Waals surface area contributed by atoms with Gasteiger partial charge in [0, 0.05) is 12.1 Å². The molecule has 0 radical (unpaired) electrons. The van der Waals surface area contributed by atoms with Gasteiger partial charge < -0.3 is 15.8 Å². The second-order valence-corrected chi connectivity index (χ2v) is 4.87. The van der Waals surface area contributed by atoms with Crippen LogP contribution < -0.4 is 15.8 Å². The van der Waals surface area contributed by atoms with Gasteiger partial charge in [-0.3, -0.25) is 0 Å². The van der Waals surface area contributed by atoms with Crippen molar-refractivity contribution in [1.29, 1.82) is 0 Å². The van der Waals surface area contributed by atoms with Crippen LogP contribution in [0.25, 0.3) is 0 Å². The number of fused-ring (bicyclic) bond motifs is 1. The molecule has 0 saturated heterocycles. The standard InChI is InChI=1S/C14H22N2O/c1-10(15)8-13(16-2)11-5-6-14-12(9-11)4-3-7-17-14/h5-6,9-10,13,16H,3-4,7-8,15H2,1-2H3. The van der Waals surface area contributed by atoms with Gasteiger partial charge in [0.2, 0.25) is 0 Å². The Labute approximate surface area is 103 Å². The molecule has 94 valence electrons. The van der Waals surface area contributed by atoms with E-state index in [1.54, 1.807) is 0 Å². The lowest BCUT2D eigenvalue weighted by molar-refractivity contribution is 0.288. The summed E-state index contributed by atoms with van der Waals surface area (Å²) >= 11 is 0. The molecule has 2 rings (SSSR count). The van der Waals surface area contributed by atoms with Gasteiger partial charge in [0.15, 0.2) is 0 Å². The molecule has 1 aliphatic heterocycles. The number of ether oxygens (including phenoxy) is 1. The summed E-state index contributed by atoms with van der Waals surface area (Å²) in [6, 6.07) is 7.04. The molecule has 0 aromatic heterocycles. The maximum Gasteiger partial charge on any atom is 0.122 e. The van der Waals surface area contributed by atoms with Crippen LogP contribution in [0, 0.1) is 0 Å². The second-order valence-electron chi connectivity index (χ2n) is 4.87. The van der Waals surface area contributed by atoms with Crippen LogP contribution in [0.2, 0.25) is 0 Å². The van der Waals surface area contributed by atoms with Crippen LogP contribution in [-0.2, 0) is 6.42 Å². The Morgan fingerprint density at radius 3 is 3.00 bits per heavy atom. The molecule has 0 saturated carbocycles. The first-order valence-corrected chi connectivity index (χ1v) is 6.39. The molecular weight excluding hydrogens is 212 g/mol. The van der Waals surface area contributed by atoms with E-state index in [9.17, 15) is 0 Å². The molecule has 0 spiro atoms. The molecule has 2 atom stereocenters. The molecule has 1 aromatic carbocycles. The summed E-state index contributed by atoms with van der Waals surface area (Å²) in [6.45, 7) is 2.90. The number of aryl methyl sites for hydroxylation is 1. The molecule has 0 fully saturated rings. The molecule has 3 N–H and O–H groups in total. The van der Waals surface area contributed by atoms with Crippen molar-refractivity contribution < 1.29 is 4.74 Å². The van der Waals surface area contributed by atoms with Gasteiger partial charge in [0.1, 0.15) is 5.75 Å². The molecule has 17 heavy (non-hydrogen) atoms. The number of rotatable bonds is 4. The summed E-state index contributed by atoms with van der Waals surface area (Å²) in [5.74, 6) is 1.05. The molecule has 3 nitrogen and oxygen atoms in total. The van der Waals surface area contributed by atoms with Crippen LogP contribution in [0.3, 0.4) is 0 Å². The van der Waals surface area contributed by atoms with Gasteiger partial charge in [0.25, 0.3) is 0 Å². The minimum atomic E-state index is 0.208. The topological polar surface area (TPSA) is 47.3 Å². The predicted molar refractivity (Wildman–Crippen MR) is 70.3 cm³/mol. The van der Waals surface area contributed by atoms with Gasteiger partial charge in [-0.2, -0.15) is 0 Å². The van der Waals surface area contributed by atoms with Gasteiger partial charge in [-0.1, -0.05) is 12.1 Å². The van der Waals surface area contributed by atoms with E-state index in [2.05, 4.69) is 23.5 Å². The minimum Gasteiger partial charge on any atom is -0.493 e. The van der Waals surface area contributed by atoms with E-state index >= 15 is 0 Å². The molecule has 0 aliphatic carbocycles. The number of benzene rings is 1. The summed E-state index contributed by atoms with van der Waals surface area (Å²) in [5.41, 5.74) is 8.53. The first-order valence-electron chi connectivity index (χ1n) is 6.39. The largest absolute Gasteiger partial charge is 0.493 e. The third kappa shape index (κ3) is 2.99. The molecule has 3 heteroatoms. The maximum absolute atomic E-state index is 5.88. The highest BCUT2D eigenvalue weighted by Crippen LogP contribution is 2.28. The van der Waals surface area contributed by atoms with E-state index < -0.39 is 0 Å². The molecule has 0 amide bonds. The summed E-state index contributed by atoms with van der Waals surface area (Å²) < 4.78 is 5.63. The van der Waals surface area contributed by atoms with Gasteiger partial charge in [-0.25, -0.2) is 0 Å². The van der Waals surface area contributed by atoms with Crippen LogP contribution in [0.4, 0.5) is 0 Å². The fraction of sp³-hybridized carbons (Fsp3) is 0.571. The summed E-state index contributed by atoms with van der Waals surface area (Å²) in [5, 5.41) is 3.34. The highest BCUT2D eigenvalue weighted by Gasteiger charge is 2.15. The average Bonchev–Trinajstić information content (AvgIpc) is 2.35. The van der Waals surface area contributed by atoms with Gasteiger partial charge >= 0.3 is 0 Å². The molecule has 2 unspecified atom stereocenters. The van der Waals surface area contributed by atoms with E-state index in [0.717, 1.165) is 31.6 Å². The molecular formula is C14H22N2O. The monoisotopic (exact) mass is 234 g/mol. The molecule has 0 bridgehead atoms. The zero-order chi connectivity index (χ0) is 12.3. The third-order valence-corrected chi connectivity index (χ3v) is 3.29. The van der Waals surface area contributed by atoms with E-state index in [1.807, 2.05) is 14.0 Å². The van der Waals surface area contributed by atoms with Crippen LogP contribution in [-0.4, -0.2) is 19.7 Å². The van der Waals surface area contributed by atoms with E-state index in [1.165, 1.54) is 11.1 Å². The number of nitrogens with two attached hydrogens (primary N) is 1. The van der Waals surface area contributed by atoms with Crippen LogP contribution >= 0.6 is 0 Å². The lowest BCUT2D eigenvalue weighted by Gasteiger charge is -2.22.